The van der Waals surface area contributed by atoms with Crippen LogP contribution in [0.25, 0.3) is 0 Å². The standard InChI is InChI=1S/C10H17N3O2S/c1-7(16(2,14)15)10-12-6-9(13-10)5-11-8-3-4-8/h6-8,11H,3-5H2,1-2H3,(H,12,13). The molecule has 2 N–H and O–H groups in total. The zero-order valence-corrected chi connectivity index (χ0v) is 10.3. The van der Waals surface area contributed by atoms with E-state index in [1.807, 2.05) is 0 Å². The van der Waals surface area contributed by atoms with E-state index < -0.39 is 15.1 Å². The molecule has 1 aliphatic rings. The maximum Gasteiger partial charge on any atom is 0.157 e. The van der Waals surface area contributed by atoms with Crippen LogP contribution in [0.4, 0.5) is 0 Å². The number of hydrogen-bond donors (Lipinski definition) is 2. The lowest BCUT2D eigenvalue weighted by molar-refractivity contribution is 0.589. The van der Waals surface area contributed by atoms with Crippen LogP contribution in [-0.2, 0) is 16.4 Å². The number of aromatic amines is 1. The third kappa shape index (κ3) is 2.82. The van der Waals surface area contributed by atoms with Gasteiger partial charge < -0.3 is 10.3 Å². The van der Waals surface area contributed by atoms with E-state index in [2.05, 4.69) is 15.3 Å². The summed E-state index contributed by atoms with van der Waals surface area (Å²) in [5, 5.41) is 2.78. The molecule has 0 saturated heterocycles. The molecule has 0 radical (unpaired) electrons. The fourth-order valence-corrected chi connectivity index (χ4v) is 1.94. The number of imidazole rings is 1. The number of nitrogens with zero attached hydrogens (tertiary/aromatic N) is 1. The molecule has 16 heavy (non-hydrogen) atoms. The van der Waals surface area contributed by atoms with Gasteiger partial charge in [-0.3, -0.25) is 0 Å². The molecule has 1 fully saturated rings. The van der Waals surface area contributed by atoms with Crippen LogP contribution in [0.1, 0.15) is 36.5 Å². The first kappa shape index (κ1) is 11.6. The van der Waals surface area contributed by atoms with Crippen LogP contribution in [0.2, 0.25) is 0 Å². The number of sulfone groups is 1. The van der Waals surface area contributed by atoms with Crippen LogP contribution in [0.15, 0.2) is 6.20 Å². The first-order valence-electron chi connectivity index (χ1n) is 5.43. The van der Waals surface area contributed by atoms with E-state index >= 15 is 0 Å². The van der Waals surface area contributed by atoms with Gasteiger partial charge in [0.15, 0.2) is 9.84 Å². The molecule has 1 saturated carbocycles. The molecular formula is C10H17N3O2S. The van der Waals surface area contributed by atoms with Gasteiger partial charge >= 0.3 is 0 Å². The SMILES string of the molecule is CC(c1ncc(CNC2CC2)[nH]1)S(C)(=O)=O. The van der Waals surface area contributed by atoms with Gasteiger partial charge in [-0.25, -0.2) is 13.4 Å². The van der Waals surface area contributed by atoms with Gasteiger partial charge in [0.2, 0.25) is 0 Å². The first-order valence-corrected chi connectivity index (χ1v) is 7.38. The van der Waals surface area contributed by atoms with Gasteiger partial charge in [-0.05, 0) is 19.8 Å². The minimum atomic E-state index is -3.08. The van der Waals surface area contributed by atoms with Gasteiger partial charge in [-0.1, -0.05) is 0 Å². The molecule has 1 aromatic rings. The Labute approximate surface area is 95.6 Å². The third-order valence-electron chi connectivity index (χ3n) is 2.83. The van der Waals surface area contributed by atoms with E-state index in [9.17, 15) is 8.42 Å². The first-order chi connectivity index (χ1) is 7.47. The summed E-state index contributed by atoms with van der Waals surface area (Å²) in [6.45, 7) is 2.38. The summed E-state index contributed by atoms with van der Waals surface area (Å²) in [5.41, 5.74) is 0.942. The summed E-state index contributed by atoms with van der Waals surface area (Å²) < 4.78 is 22.7. The lowest BCUT2D eigenvalue weighted by atomic mass is 10.4. The average molecular weight is 243 g/mol. The highest BCUT2D eigenvalue weighted by molar-refractivity contribution is 7.90. The minimum absolute atomic E-state index is 0.523. The number of H-pyrrole nitrogens is 1. The number of aromatic nitrogens is 2. The lowest BCUT2D eigenvalue weighted by Gasteiger charge is -2.05. The van der Waals surface area contributed by atoms with Gasteiger partial charge in [0.1, 0.15) is 11.1 Å². The lowest BCUT2D eigenvalue weighted by Crippen LogP contribution is -2.15. The van der Waals surface area contributed by atoms with E-state index in [0.717, 1.165) is 12.2 Å². The Balaban J connectivity index is 2.00. The molecule has 0 aromatic carbocycles. The molecule has 6 heteroatoms. The maximum absolute atomic E-state index is 11.3. The van der Waals surface area contributed by atoms with Gasteiger partial charge in [0.25, 0.3) is 0 Å². The van der Waals surface area contributed by atoms with E-state index in [1.165, 1.54) is 19.1 Å². The molecule has 1 heterocycles. The van der Waals surface area contributed by atoms with Crippen molar-refractivity contribution in [2.75, 3.05) is 6.26 Å². The average Bonchev–Trinajstić information content (AvgIpc) is 2.91. The molecule has 0 spiro atoms. The molecule has 1 aliphatic carbocycles. The van der Waals surface area contributed by atoms with Crippen molar-refractivity contribution in [1.82, 2.24) is 15.3 Å². The fourth-order valence-electron chi connectivity index (χ4n) is 1.42. The predicted molar refractivity (Wildman–Crippen MR) is 61.7 cm³/mol. The van der Waals surface area contributed by atoms with E-state index in [4.69, 9.17) is 0 Å². The highest BCUT2D eigenvalue weighted by atomic mass is 32.2. The monoisotopic (exact) mass is 243 g/mol. The summed E-state index contributed by atoms with van der Waals surface area (Å²) in [4.78, 5) is 7.16. The zero-order chi connectivity index (χ0) is 11.8. The van der Waals surface area contributed by atoms with Crippen molar-refractivity contribution in [1.29, 1.82) is 0 Å². The van der Waals surface area contributed by atoms with Crippen LogP contribution < -0.4 is 5.32 Å². The Hall–Kier alpha value is -0.880. The largest absolute Gasteiger partial charge is 0.344 e. The van der Waals surface area contributed by atoms with Gasteiger partial charge in [0, 0.05) is 30.7 Å². The Morgan fingerprint density at radius 1 is 1.62 bits per heavy atom. The third-order valence-corrected chi connectivity index (χ3v) is 4.34. The molecule has 90 valence electrons. The number of rotatable bonds is 5. The van der Waals surface area contributed by atoms with Gasteiger partial charge in [0.05, 0.1) is 0 Å². The molecular weight excluding hydrogens is 226 g/mol. The van der Waals surface area contributed by atoms with Crippen LogP contribution in [0.3, 0.4) is 0 Å². The van der Waals surface area contributed by atoms with Crippen LogP contribution in [0, 0.1) is 0 Å². The van der Waals surface area contributed by atoms with Gasteiger partial charge in [-0.2, -0.15) is 0 Å². The molecule has 0 amide bonds. The summed E-state index contributed by atoms with van der Waals surface area (Å²) in [6.07, 6.45) is 5.40. The predicted octanol–water partition coefficient (Wildman–Crippen LogP) is 0.767. The number of nitrogens with one attached hydrogen (secondary N) is 2. The number of hydrogen-bond acceptors (Lipinski definition) is 4. The Morgan fingerprint density at radius 3 is 2.88 bits per heavy atom. The quantitative estimate of drug-likeness (QED) is 0.801. The summed E-state index contributed by atoms with van der Waals surface area (Å²) in [6, 6.07) is 0.638. The molecule has 1 unspecified atom stereocenters. The second kappa shape index (κ2) is 4.18. The molecule has 1 atom stereocenters. The van der Waals surface area contributed by atoms with Crippen LogP contribution in [0.5, 0.6) is 0 Å². The normalized spacial score (nSPS) is 18.6. The Kier molecular flexibility index (Phi) is 3.03. The minimum Gasteiger partial charge on any atom is -0.344 e. The van der Waals surface area contributed by atoms with Crippen molar-refractivity contribution < 1.29 is 8.42 Å². The Bertz CT molecular complexity index is 462. The van der Waals surface area contributed by atoms with Crippen molar-refractivity contribution >= 4 is 9.84 Å². The van der Waals surface area contributed by atoms with Crippen molar-refractivity contribution in [2.24, 2.45) is 0 Å². The van der Waals surface area contributed by atoms with Crippen molar-refractivity contribution in [3.8, 4) is 0 Å². The summed E-state index contributed by atoms with van der Waals surface area (Å²) in [5.74, 6) is 0.523. The van der Waals surface area contributed by atoms with E-state index in [1.54, 1.807) is 13.1 Å². The van der Waals surface area contributed by atoms with Crippen molar-refractivity contribution in [2.45, 2.75) is 37.6 Å². The van der Waals surface area contributed by atoms with Gasteiger partial charge in [-0.15, -0.1) is 0 Å². The molecule has 2 rings (SSSR count). The molecule has 1 aromatic heterocycles. The second-order valence-corrected chi connectivity index (χ2v) is 6.79. The van der Waals surface area contributed by atoms with E-state index in [-0.39, 0.29) is 0 Å². The van der Waals surface area contributed by atoms with Crippen molar-refractivity contribution in [3.05, 3.63) is 17.7 Å². The topological polar surface area (TPSA) is 74.8 Å². The fraction of sp³-hybridized carbons (Fsp3) is 0.700. The summed E-state index contributed by atoms with van der Waals surface area (Å²) >= 11 is 0. The highest BCUT2D eigenvalue weighted by Crippen LogP contribution is 2.20. The molecule has 0 aliphatic heterocycles. The van der Waals surface area contributed by atoms with Crippen LogP contribution >= 0.6 is 0 Å². The Morgan fingerprint density at radius 2 is 2.31 bits per heavy atom. The summed E-state index contributed by atoms with van der Waals surface area (Å²) in [7, 11) is -3.08. The van der Waals surface area contributed by atoms with Crippen molar-refractivity contribution in [3.63, 3.8) is 0 Å². The second-order valence-electron chi connectivity index (χ2n) is 4.42. The smallest absolute Gasteiger partial charge is 0.157 e. The van der Waals surface area contributed by atoms with E-state index in [0.29, 0.717) is 11.9 Å². The molecule has 0 bridgehead atoms. The van der Waals surface area contributed by atoms with Crippen LogP contribution in [-0.4, -0.2) is 30.7 Å². The highest BCUT2D eigenvalue weighted by Gasteiger charge is 2.22. The zero-order valence-electron chi connectivity index (χ0n) is 9.53. The maximum atomic E-state index is 11.3. The molecule has 5 nitrogen and oxygen atoms in total.